The van der Waals surface area contributed by atoms with Gasteiger partial charge in [-0.1, -0.05) is 6.07 Å². The second-order valence-electron chi connectivity index (χ2n) is 5.54. The summed E-state index contributed by atoms with van der Waals surface area (Å²) in [4.78, 5) is 0.523. The third-order valence-corrected chi connectivity index (χ3v) is 6.05. The van der Waals surface area contributed by atoms with E-state index in [-0.39, 0.29) is 17.1 Å². The van der Waals surface area contributed by atoms with Crippen LogP contribution in [-0.4, -0.2) is 41.5 Å². The lowest BCUT2D eigenvalue weighted by atomic mass is 9.89. The summed E-state index contributed by atoms with van der Waals surface area (Å²) >= 11 is 0. The molecule has 3 rings (SSSR count). The Kier molecular flexibility index (Phi) is 4.40. The summed E-state index contributed by atoms with van der Waals surface area (Å²) in [5.74, 6) is -0.957. The molecular weight excluding hydrogens is 293 g/mol. The van der Waals surface area contributed by atoms with Gasteiger partial charge in [0.2, 0.25) is 0 Å². The van der Waals surface area contributed by atoms with Gasteiger partial charge in [-0.2, -0.15) is 0 Å². The molecule has 0 amide bonds. The van der Waals surface area contributed by atoms with E-state index in [4.69, 9.17) is 9.47 Å². The van der Waals surface area contributed by atoms with Crippen molar-refractivity contribution in [3.63, 3.8) is 0 Å². The van der Waals surface area contributed by atoms with Gasteiger partial charge in [0.1, 0.15) is 5.82 Å². The van der Waals surface area contributed by atoms with E-state index in [1.54, 1.807) is 12.1 Å². The Morgan fingerprint density at radius 2 is 2.14 bits per heavy atom. The first-order chi connectivity index (χ1) is 10.1. The Hall–Kier alpha value is -0.820. The number of halogens is 1. The number of rotatable bonds is 3. The maximum atomic E-state index is 13.4. The van der Waals surface area contributed by atoms with Crippen molar-refractivity contribution in [2.24, 2.45) is 0 Å². The third-order valence-electron chi connectivity index (χ3n) is 4.28. The van der Waals surface area contributed by atoms with Crippen LogP contribution in [0.15, 0.2) is 29.2 Å². The summed E-state index contributed by atoms with van der Waals surface area (Å²) in [6.07, 6.45) is 2.21. The lowest BCUT2D eigenvalue weighted by molar-refractivity contribution is -0.178. The lowest BCUT2D eigenvalue weighted by Crippen LogP contribution is -2.51. The molecule has 1 aromatic rings. The monoisotopic (exact) mass is 313 g/mol. The molecule has 1 spiro atoms. The highest BCUT2D eigenvalue weighted by Gasteiger charge is 2.46. The lowest BCUT2D eigenvalue weighted by Gasteiger charge is -2.40. The molecule has 6 heteroatoms. The molecule has 1 aliphatic carbocycles. The first-order valence-corrected chi connectivity index (χ1v) is 8.46. The molecule has 3 atom stereocenters. The third kappa shape index (κ3) is 3.04. The van der Waals surface area contributed by atoms with Gasteiger partial charge in [0.15, 0.2) is 5.79 Å². The molecular formula is C15H20FNO3S. The second kappa shape index (κ2) is 6.12. The van der Waals surface area contributed by atoms with Crippen LogP contribution in [-0.2, 0) is 20.3 Å². The average Bonchev–Trinajstić information content (AvgIpc) is 2.94. The Bertz CT molecular complexity index is 533. The van der Waals surface area contributed by atoms with Gasteiger partial charge in [-0.05, 0) is 31.7 Å². The first-order valence-electron chi connectivity index (χ1n) is 7.25. The van der Waals surface area contributed by atoms with E-state index in [0.29, 0.717) is 24.5 Å². The van der Waals surface area contributed by atoms with E-state index in [1.807, 2.05) is 7.05 Å². The highest BCUT2D eigenvalue weighted by Crippen LogP contribution is 2.38. The normalized spacial score (nSPS) is 29.6. The fourth-order valence-corrected chi connectivity index (χ4v) is 4.96. The molecule has 116 valence electrons. The van der Waals surface area contributed by atoms with Crippen molar-refractivity contribution in [1.82, 2.24) is 5.32 Å². The Balaban J connectivity index is 1.84. The van der Waals surface area contributed by atoms with E-state index >= 15 is 0 Å². The average molecular weight is 313 g/mol. The van der Waals surface area contributed by atoms with Gasteiger partial charge in [0.25, 0.3) is 0 Å². The minimum atomic E-state index is -1.29. The van der Waals surface area contributed by atoms with Crippen LogP contribution in [0.2, 0.25) is 0 Å². The van der Waals surface area contributed by atoms with Crippen LogP contribution in [0.25, 0.3) is 0 Å². The molecule has 4 nitrogen and oxygen atoms in total. The number of hydrogen-bond acceptors (Lipinski definition) is 4. The number of ether oxygens (including phenoxy) is 2. The topological polar surface area (TPSA) is 47.6 Å². The van der Waals surface area contributed by atoms with Gasteiger partial charge in [-0.25, -0.2) is 4.39 Å². The summed E-state index contributed by atoms with van der Waals surface area (Å²) in [6.45, 7) is 1.17. The molecule has 0 bridgehead atoms. The van der Waals surface area contributed by atoms with Crippen molar-refractivity contribution in [2.75, 3.05) is 20.3 Å². The molecule has 1 saturated heterocycles. The highest BCUT2D eigenvalue weighted by atomic mass is 32.2. The van der Waals surface area contributed by atoms with Crippen LogP contribution in [0.5, 0.6) is 0 Å². The summed E-state index contributed by atoms with van der Waals surface area (Å²) < 4.78 is 37.7. The standard InChI is InChI=1S/C15H20FNO3S/c1-17-13-5-6-15(19-7-8-20-15)10-14(13)21(18)12-4-2-3-11(16)9-12/h2-4,9,13-14,17H,5-8,10H2,1H3. The minimum Gasteiger partial charge on any atom is -0.347 e. The summed E-state index contributed by atoms with van der Waals surface area (Å²) in [7, 11) is 0.575. The van der Waals surface area contributed by atoms with Crippen LogP contribution < -0.4 is 5.32 Å². The van der Waals surface area contributed by atoms with E-state index in [1.165, 1.54) is 12.1 Å². The summed E-state index contributed by atoms with van der Waals surface area (Å²) in [5.41, 5.74) is 0. The van der Waals surface area contributed by atoms with E-state index in [0.717, 1.165) is 12.8 Å². The summed E-state index contributed by atoms with van der Waals surface area (Å²) in [5, 5.41) is 3.08. The van der Waals surface area contributed by atoms with E-state index in [2.05, 4.69) is 5.32 Å². The van der Waals surface area contributed by atoms with Crippen LogP contribution in [0.4, 0.5) is 4.39 Å². The maximum Gasteiger partial charge on any atom is 0.169 e. The predicted molar refractivity (Wildman–Crippen MR) is 77.9 cm³/mol. The molecule has 1 N–H and O–H groups in total. The van der Waals surface area contributed by atoms with Crippen molar-refractivity contribution in [3.8, 4) is 0 Å². The summed E-state index contributed by atoms with van der Waals surface area (Å²) in [6, 6.07) is 6.14. The van der Waals surface area contributed by atoms with Gasteiger partial charge in [-0.3, -0.25) is 4.21 Å². The van der Waals surface area contributed by atoms with Crippen molar-refractivity contribution in [3.05, 3.63) is 30.1 Å². The fourth-order valence-electron chi connectivity index (χ4n) is 3.19. The zero-order chi connectivity index (χ0) is 14.9. The van der Waals surface area contributed by atoms with E-state index < -0.39 is 16.6 Å². The molecule has 0 radical (unpaired) electrons. The quantitative estimate of drug-likeness (QED) is 0.925. The van der Waals surface area contributed by atoms with Crippen molar-refractivity contribution < 1.29 is 18.1 Å². The number of hydrogen-bond donors (Lipinski definition) is 1. The SMILES string of the molecule is CNC1CCC2(CC1S(=O)c1cccc(F)c1)OCCO2. The van der Waals surface area contributed by atoms with Crippen LogP contribution in [0.3, 0.4) is 0 Å². The van der Waals surface area contributed by atoms with Crippen LogP contribution in [0, 0.1) is 5.82 Å². The maximum absolute atomic E-state index is 13.4. The first kappa shape index (κ1) is 15.1. The van der Waals surface area contributed by atoms with Crippen molar-refractivity contribution in [2.45, 2.75) is 41.2 Å². The Labute approximate surface area is 126 Å². The fraction of sp³-hybridized carbons (Fsp3) is 0.600. The molecule has 1 saturated carbocycles. The highest BCUT2D eigenvalue weighted by molar-refractivity contribution is 7.85. The zero-order valence-corrected chi connectivity index (χ0v) is 12.8. The van der Waals surface area contributed by atoms with Gasteiger partial charge < -0.3 is 14.8 Å². The Morgan fingerprint density at radius 1 is 1.38 bits per heavy atom. The molecule has 21 heavy (non-hydrogen) atoms. The molecule has 1 aromatic carbocycles. The van der Waals surface area contributed by atoms with Crippen LogP contribution in [0.1, 0.15) is 19.3 Å². The molecule has 1 heterocycles. The van der Waals surface area contributed by atoms with Gasteiger partial charge in [0, 0.05) is 23.8 Å². The van der Waals surface area contributed by atoms with E-state index in [9.17, 15) is 8.60 Å². The van der Waals surface area contributed by atoms with Crippen molar-refractivity contribution >= 4 is 10.8 Å². The second-order valence-corrected chi connectivity index (χ2v) is 7.21. The van der Waals surface area contributed by atoms with Crippen LogP contribution >= 0.6 is 0 Å². The smallest absolute Gasteiger partial charge is 0.169 e. The minimum absolute atomic E-state index is 0.118. The van der Waals surface area contributed by atoms with Crippen molar-refractivity contribution in [1.29, 1.82) is 0 Å². The molecule has 0 aromatic heterocycles. The Morgan fingerprint density at radius 3 is 2.81 bits per heavy atom. The zero-order valence-electron chi connectivity index (χ0n) is 12.0. The largest absolute Gasteiger partial charge is 0.347 e. The van der Waals surface area contributed by atoms with Gasteiger partial charge in [-0.15, -0.1) is 0 Å². The molecule has 3 unspecified atom stereocenters. The number of nitrogens with one attached hydrogen (secondary N) is 1. The van der Waals surface area contributed by atoms with Gasteiger partial charge in [0.05, 0.1) is 29.3 Å². The molecule has 2 fully saturated rings. The molecule has 1 aliphatic heterocycles. The van der Waals surface area contributed by atoms with Gasteiger partial charge >= 0.3 is 0 Å². The predicted octanol–water partition coefficient (Wildman–Crippen LogP) is 1.82. The molecule has 2 aliphatic rings. The number of benzene rings is 1.